The van der Waals surface area contributed by atoms with E-state index in [1.807, 2.05) is 13.8 Å². The van der Waals surface area contributed by atoms with Crippen molar-refractivity contribution in [1.82, 2.24) is 35.1 Å². The van der Waals surface area contributed by atoms with Crippen LogP contribution < -0.4 is 16.2 Å². The number of hydrogen-bond acceptors (Lipinski definition) is 7. The standard InChI is InChI=1S/C25H25ClN8O2/c1-15-7-16(2)9-17(8-15)11-27-23-25(36)34-20(13-28-23)4-6-22(34)24(35)29-12-18-10-19(26)3-5-21(18)33-14-30-31-32-33/h3,5,7-10,13-14,22H,4,6,11-12H2,1-2H3,(H,27,28)(H,29,35)/t22-/m0/s1. The van der Waals surface area contributed by atoms with Gasteiger partial charge in [-0.05, 0) is 66.4 Å². The van der Waals surface area contributed by atoms with Crippen LogP contribution in [0.5, 0.6) is 0 Å². The van der Waals surface area contributed by atoms with Crippen LogP contribution in [0.2, 0.25) is 5.02 Å². The Morgan fingerprint density at radius 1 is 1.14 bits per heavy atom. The third-order valence-electron chi connectivity index (χ3n) is 6.19. The van der Waals surface area contributed by atoms with E-state index in [4.69, 9.17) is 11.6 Å². The third kappa shape index (κ3) is 4.85. The lowest BCUT2D eigenvalue weighted by Crippen LogP contribution is -2.36. The van der Waals surface area contributed by atoms with Gasteiger partial charge in [0.1, 0.15) is 12.4 Å². The number of fused-ring (bicyclic) bond motifs is 1. The second kappa shape index (κ2) is 9.90. The summed E-state index contributed by atoms with van der Waals surface area (Å²) in [4.78, 5) is 30.8. The number of hydrogen-bond donors (Lipinski definition) is 2. The first-order valence-corrected chi connectivity index (χ1v) is 12.0. The van der Waals surface area contributed by atoms with Gasteiger partial charge in [-0.15, -0.1) is 5.10 Å². The summed E-state index contributed by atoms with van der Waals surface area (Å²) in [5.74, 6) is -0.0154. The summed E-state index contributed by atoms with van der Waals surface area (Å²) in [6.07, 6.45) is 4.27. The lowest BCUT2D eigenvalue weighted by Gasteiger charge is -2.17. The highest BCUT2D eigenvalue weighted by Crippen LogP contribution is 2.25. The van der Waals surface area contributed by atoms with Crippen molar-refractivity contribution in [3.63, 3.8) is 0 Å². The van der Waals surface area contributed by atoms with Gasteiger partial charge in [-0.2, -0.15) is 0 Å². The van der Waals surface area contributed by atoms with Crippen LogP contribution in [0.1, 0.15) is 40.4 Å². The first-order valence-electron chi connectivity index (χ1n) is 11.6. The van der Waals surface area contributed by atoms with E-state index in [1.165, 1.54) is 11.0 Å². The van der Waals surface area contributed by atoms with Gasteiger partial charge < -0.3 is 10.6 Å². The van der Waals surface area contributed by atoms with Gasteiger partial charge >= 0.3 is 0 Å². The Morgan fingerprint density at radius 2 is 1.94 bits per heavy atom. The Hall–Kier alpha value is -4.05. The Kier molecular flexibility index (Phi) is 6.51. The summed E-state index contributed by atoms with van der Waals surface area (Å²) in [6.45, 7) is 4.75. The lowest BCUT2D eigenvalue weighted by molar-refractivity contribution is -0.124. The molecule has 0 bridgehead atoms. The Morgan fingerprint density at radius 3 is 2.69 bits per heavy atom. The van der Waals surface area contributed by atoms with Crippen molar-refractivity contribution in [2.24, 2.45) is 0 Å². The van der Waals surface area contributed by atoms with Crippen molar-refractivity contribution in [3.05, 3.63) is 92.2 Å². The lowest BCUT2D eigenvalue weighted by atomic mass is 10.1. The van der Waals surface area contributed by atoms with E-state index in [9.17, 15) is 9.59 Å². The molecule has 3 heterocycles. The number of halogens is 1. The number of aryl methyl sites for hydroxylation is 3. The number of anilines is 1. The number of amides is 1. The second-order valence-electron chi connectivity index (χ2n) is 8.92. The molecule has 1 amide bonds. The quantitative estimate of drug-likeness (QED) is 0.397. The van der Waals surface area contributed by atoms with Gasteiger partial charge in [0, 0.05) is 30.0 Å². The van der Waals surface area contributed by atoms with Crippen molar-refractivity contribution in [2.45, 2.75) is 45.8 Å². The fraction of sp³-hybridized carbons (Fsp3) is 0.280. The molecule has 1 aliphatic rings. The molecule has 36 heavy (non-hydrogen) atoms. The molecule has 11 heteroatoms. The van der Waals surface area contributed by atoms with Crippen LogP contribution in [0.4, 0.5) is 5.82 Å². The van der Waals surface area contributed by atoms with E-state index in [1.54, 1.807) is 29.0 Å². The molecule has 2 aromatic heterocycles. The molecule has 10 nitrogen and oxygen atoms in total. The largest absolute Gasteiger partial charge is 0.361 e. The highest BCUT2D eigenvalue weighted by molar-refractivity contribution is 6.30. The van der Waals surface area contributed by atoms with Crippen LogP contribution >= 0.6 is 11.6 Å². The number of carbonyl (C=O) groups excluding carboxylic acids is 1. The van der Waals surface area contributed by atoms with Gasteiger partial charge in [0.05, 0.1) is 5.69 Å². The summed E-state index contributed by atoms with van der Waals surface area (Å²) < 4.78 is 3.05. The molecule has 184 valence electrons. The van der Waals surface area contributed by atoms with E-state index in [0.717, 1.165) is 27.9 Å². The first-order chi connectivity index (χ1) is 17.4. The zero-order valence-corrected chi connectivity index (χ0v) is 20.7. The molecule has 0 saturated heterocycles. The molecule has 0 radical (unpaired) electrons. The predicted octanol–water partition coefficient (Wildman–Crippen LogP) is 2.91. The van der Waals surface area contributed by atoms with Crippen LogP contribution in [0.15, 0.2) is 53.7 Å². The Labute approximate surface area is 212 Å². The third-order valence-corrected chi connectivity index (χ3v) is 6.43. The van der Waals surface area contributed by atoms with Crippen LogP contribution in [-0.2, 0) is 24.3 Å². The SMILES string of the molecule is Cc1cc(C)cc(CNc2ncc3n(c2=O)[C@H](C(=O)NCc2cc(Cl)ccc2-n2cnnn2)CC3)c1. The molecule has 0 fully saturated rings. The number of carbonyl (C=O) groups is 1. The maximum absolute atomic E-state index is 13.3. The van der Waals surface area contributed by atoms with E-state index in [0.29, 0.717) is 30.1 Å². The maximum atomic E-state index is 13.3. The Bertz CT molecular complexity index is 1460. The first kappa shape index (κ1) is 23.7. The molecule has 1 atom stereocenters. The molecule has 1 aliphatic heterocycles. The molecular formula is C25H25ClN8O2. The number of nitrogens with one attached hydrogen (secondary N) is 2. The molecule has 4 aromatic rings. The molecule has 5 rings (SSSR count). The minimum atomic E-state index is -0.618. The van der Waals surface area contributed by atoms with Gasteiger partial charge in [0.2, 0.25) is 5.91 Å². The van der Waals surface area contributed by atoms with Crippen LogP contribution in [0.3, 0.4) is 0 Å². The molecule has 2 N–H and O–H groups in total. The number of aromatic nitrogens is 6. The van der Waals surface area contributed by atoms with E-state index in [2.05, 4.69) is 49.3 Å². The van der Waals surface area contributed by atoms with Gasteiger partial charge in [0.25, 0.3) is 5.56 Å². The molecule has 0 aliphatic carbocycles. The van der Waals surface area contributed by atoms with Crippen molar-refractivity contribution < 1.29 is 4.79 Å². The number of benzene rings is 2. The summed E-state index contributed by atoms with van der Waals surface area (Å²) in [5, 5.41) is 17.9. The van der Waals surface area contributed by atoms with Crippen LogP contribution in [-0.4, -0.2) is 35.7 Å². The van der Waals surface area contributed by atoms with Gasteiger partial charge in [-0.25, -0.2) is 9.67 Å². The summed E-state index contributed by atoms with van der Waals surface area (Å²) in [7, 11) is 0. The molecular weight excluding hydrogens is 480 g/mol. The molecule has 0 spiro atoms. The van der Waals surface area contributed by atoms with Gasteiger partial charge in [0.15, 0.2) is 5.82 Å². The smallest absolute Gasteiger partial charge is 0.294 e. The van der Waals surface area contributed by atoms with Crippen molar-refractivity contribution in [3.8, 4) is 5.69 Å². The fourth-order valence-electron chi connectivity index (χ4n) is 4.66. The second-order valence-corrected chi connectivity index (χ2v) is 9.36. The summed E-state index contributed by atoms with van der Waals surface area (Å²) in [5.41, 5.74) is 5.28. The van der Waals surface area contributed by atoms with Crippen LogP contribution in [0, 0.1) is 13.8 Å². The zero-order valence-electron chi connectivity index (χ0n) is 19.9. The average Bonchev–Trinajstić information content (AvgIpc) is 3.52. The number of nitrogens with zero attached hydrogens (tertiary/aromatic N) is 6. The highest BCUT2D eigenvalue weighted by Gasteiger charge is 2.30. The predicted molar refractivity (Wildman–Crippen MR) is 135 cm³/mol. The number of tetrazole rings is 1. The Balaban J connectivity index is 1.32. The molecule has 2 aromatic carbocycles. The highest BCUT2D eigenvalue weighted by atomic mass is 35.5. The van der Waals surface area contributed by atoms with Gasteiger partial charge in [-0.1, -0.05) is 40.9 Å². The average molecular weight is 505 g/mol. The van der Waals surface area contributed by atoms with E-state index < -0.39 is 6.04 Å². The zero-order chi connectivity index (χ0) is 25.2. The maximum Gasteiger partial charge on any atom is 0.294 e. The topological polar surface area (TPSA) is 120 Å². The van der Waals surface area contributed by atoms with Crippen molar-refractivity contribution in [2.75, 3.05) is 5.32 Å². The van der Waals surface area contributed by atoms with Crippen molar-refractivity contribution >= 4 is 23.3 Å². The minimum Gasteiger partial charge on any atom is -0.361 e. The monoisotopic (exact) mass is 504 g/mol. The normalized spacial score (nSPS) is 14.5. The van der Waals surface area contributed by atoms with Crippen LogP contribution in [0.25, 0.3) is 5.69 Å². The molecule has 0 unspecified atom stereocenters. The van der Waals surface area contributed by atoms with E-state index in [-0.39, 0.29) is 23.8 Å². The summed E-state index contributed by atoms with van der Waals surface area (Å²) >= 11 is 6.18. The van der Waals surface area contributed by atoms with Gasteiger partial charge in [-0.3, -0.25) is 14.2 Å². The fourth-order valence-corrected chi connectivity index (χ4v) is 4.85. The molecule has 0 saturated carbocycles. The summed E-state index contributed by atoms with van der Waals surface area (Å²) in [6, 6.07) is 10.9. The minimum absolute atomic E-state index is 0.206. The van der Waals surface area contributed by atoms with Crippen molar-refractivity contribution in [1.29, 1.82) is 0 Å². The van der Waals surface area contributed by atoms with E-state index >= 15 is 0 Å². The number of rotatable bonds is 7.